The van der Waals surface area contributed by atoms with Crippen LogP contribution in [0.4, 0.5) is 5.95 Å². The third-order valence-electron chi connectivity index (χ3n) is 2.32. The Morgan fingerprint density at radius 2 is 2.07 bits per heavy atom. The van der Waals surface area contributed by atoms with Crippen LogP contribution in [-0.2, 0) is 0 Å². The summed E-state index contributed by atoms with van der Waals surface area (Å²) in [7, 11) is 5.51. The first-order chi connectivity index (χ1) is 6.70. The molecule has 0 atom stereocenters. The molecule has 4 heteroatoms. The number of hydrogen-bond acceptors (Lipinski definition) is 4. The van der Waals surface area contributed by atoms with Gasteiger partial charge >= 0.3 is 0 Å². The molecular formula is C10H15N3O. The van der Waals surface area contributed by atoms with Gasteiger partial charge in [-0.15, -0.1) is 0 Å². The molecule has 0 aliphatic heterocycles. The average Bonchev–Trinajstić information content (AvgIpc) is 3.00. The molecule has 1 aromatic heterocycles. The standard InChI is InChI=1S/C10H15N3O/c1-13(2)10-11-8(7-4-5-7)6-9(12-10)14-3/h6-7H,4-5H2,1-3H3. The molecule has 0 saturated heterocycles. The number of nitrogens with zero attached hydrogens (tertiary/aromatic N) is 3. The van der Waals surface area contributed by atoms with E-state index in [9.17, 15) is 0 Å². The number of methoxy groups -OCH3 is 1. The number of anilines is 1. The summed E-state index contributed by atoms with van der Waals surface area (Å²) in [4.78, 5) is 10.6. The summed E-state index contributed by atoms with van der Waals surface area (Å²) < 4.78 is 5.15. The Balaban J connectivity index is 2.35. The summed E-state index contributed by atoms with van der Waals surface area (Å²) in [5, 5.41) is 0. The molecule has 1 fully saturated rings. The lowest BCUT2D eigenvalue weighted by molar-refractivity contribution is 0.396. The smallest absolute Gasteiger partial charge is 0.228 e. The fraction of sp³-hybridized carbons (Fsp3) is 0.600. The summed E-state index contributed by atoms with van der Waals surface area (Å²) in [6.45, 7) is 0. The third kappa shape index (κ3) is 1.78. The molecule has 1 heterocycles. The predicted molar refractivity (Wildman–Crippen MR) is 54.9 cm³/mol. The van der Waals surface area contributed by atoms with E-state index in [4.69, 9.17) is 4.74 Å². The van der Waals surface area contributed by atoms with Crippen LogP contribution in [0.5, 0.6) is 5.88 Å². The minimum atomic E-state index is 0.630. The van der Waals surface area contributed by atoms with Gasteiger partial charge in [0, 0.05) is 26.1 Å². The summed E-state index contributed by atoms with van der Waals surface area (Å²) in [5.41, 5.74) is 1.11. The Morgan fingerprint density at radius 1 is 1.36 bits per heavy atom. The highest BCUT2D eigenvalue weighted by atomic mass is 16.5. The number of ether oxygens (including phenoxy) is 1. The van der Waals surface area contributed by atoms with Gasteiger partial charge in [0.05, 0.1) is 12.8 Å². The van der Waals surface area contributed by atoms with Crippen molar-refractivity contribution in [1.82, 2.24) is 9.97 Å². The van der Waals surface area contributed by atoms with Crippen LogP contribution in [0.25, 0.3) is 0 Å². The second-order valence-electron chi connectivity index (χ2n) is 3.80. The molecule has 0 N–H and O–H groups in total. The maximum absolute atomic E-state index is 5.15. The van der Waals surface area contributed by atoms with Crippen molar-refractivity contribution >= 4 is 5.95 Å². The summed E-state index contributed by atoms with van der Waals surface area (Å²) in [5.74, 6) is 2.02. The molecule has 0 bridgehead atoms. The Morgan fingerprint density at radius 3 is 2.57 bits per heavy atom. The number of hydrogen-bond donors (Lipinski definition) is 0. The molecule has 0 spiro atoms. The van der Waals surface area contributed by atoms with Crippen molar-refractivity contribution in [3.8, 4) is 5.88 Å². The minimum absolute atomic E-state index is 0.630. The van der Waals surface area contributed by atoms with Crippen molar-refractivity contribution < 1.29 is 4.74 Å². The number of rotatable bonds is 3. The highest BCUT2D eigenvalue weighted by molar-refractivity contribution is 5.34. The molecule has 0 amide bonds. The molecule has 4 nitrogen and oxygen atoms in total. The average molecular weight is 193 g/mol. The van der Waals surface area contributed by atoms with Crippen LogP contribution in [0, 0.1) is 0 Å². The fourth-order valence-corrected chi connectivity index (χ4v) is 1.32. The first-order valence-electron chi connectivity index (χ1n) is 4.81. The number of aromatic nitrogens is 2. The SMILES string of the molecule is COc1cc(C2CC2)nc(N(C)C)n1. The van der Waals surface area contributed by atoms with Crippen molar-refractivity contribution in [3.63, 3.8) is 0 Å². The monoisotopic (exact) mass is 193 g/mol. The highest BCUT2D eigenvalue weighted by Crippen LogP contribution is 2.40. The summed E-state index contributed by atoms with van der Waals surface area (Å²) in [6.07, 6.45) is 2.49. The van der Waals surface area contributed by atoms with E-state index < -0.39 is 0 Å². The predicted octanol–water partition coefficient (Wildman–Crippen LogP) is 1.43. The van der Waals surface area contributed by atoms with Gasteiger partial charge in [-0.25, -0.2) is 4.98 Å². The van der Waals surface area contributed by atoms with Crippen molar-refractivity contribution in [2.75, 3.05) is 26.1 Å². The van der Waals surface area contributed by atoms with E-state index in [1.807, 2.05) is 25.1 Å². The lowest BCUT2D eigenvalue weighted by Crippen LogP contribution is -2.14. The molecular weight excluding hydrogens is 178 g/mol. The molecule has 14 heavy (non-hydrogen) atoms. The fourth-order valence-electron chi connectivity index (χ4n) is 1.32. The van der Waals surface area contributed by atoms with E-state index in [0.29, 0.717) is 11.8 Å². The van der Waals surface area contributed by atoms with Crippen LogP contribution >= 0.6 is 0 Å². The van der Waals surface area contributed by atoms with E-state index in [-0.39, 0.29) is 0 Å². The molecule has 0 unspecified atom stereocenters. The third-order valence-corrected chi connectivity index (χ3v) is 2.32. The van der Waals surface area contributed by atoms with Gasteiger partial charge in [-0.05, 0) is 12.8 Å². The van der Waals surface area contributed by atoms with Gasteiger partial charge in [-0.2, -0.15) is 4.98 Å². The van der Waals surface area contributed by atoms with Gasteiger partial charge in [-0.3, -0.25) is 0 Å². The Hall–Kier alpha value is -1.32. The first kappa shape index (κ1) is 9.24. The van der Waals surface area contributed by atoms with Crippen LogP contribution in [0.1, 0.15) is 24.5 Å². The Bertz CT molecular complexity index is 314. The Labute approximate surface area is 83.9 Å². The van der Waals surface area contributed by atoms with Crippen LogP contribution < -0.4 is 9.64 Å². The second kappa shape index (κ2) is 3.44. The van der Waals surface area contributed by atoms with Crippen LogP contribution in [-0.4, -0.2) is 31.2 Å². The molecule has 1 aromatic rings. The van der Waals surface area contributed by atoms with Gasteiger partial charge in [-0.1, -0.05) is 0 Å². The maximum atomic E-state index is 5.15. The molecule has 0 aromatic carbocycles. The summed E-state index contributed by atoms with van der Waals surface area (Å²) >= 11 is 0. The molecule has 2 rings (SSSR count). The molecule has 0 radical (unpaired) electrons. The van der Waals surface area contributed by atoms with Crippen LogP contribution in [0.15, 0.2) is 6.07 Å². The van der Waals surface area contributed by atoms with Crippen molar-refractivity contribution in [2.45, 2.75) is 18.8 Å². The van der Waals surface area contributed by atoms with Crippen molar-refractivity contribution in [3.05, 3.63) is 11.8 Å². The van der Waals surface area contributed by atoms with Crippen LogP contribution in [0.2, 0.25) is 0 Å². The van der Waals surface area contributed by atoms with Gasteiger partial charge < -0.3 is 9.64 Å². The second-order valence-corrected chi connectivity index (χ2v) is 3.80. The quantitative estimate of drug-likeness (QED) is 0.727. The van der Waals surface area contributed by atoms with E-state index in [1.165, 1.54) is 12.8 Å². The molecule has 1 aliphatic rings. The van der Waals surface area contributed by atoms with E-state index in [0.717, 1.165) is 11.6 Å². The topological polar surface area (TPSA) is 38.2 Å². The van der Waals surface area contributed by atoms with Gasteiger partial charge in [0.1, 0.15) is 0 Å². The normalized spacial score (nSPS) is 15.4. The van der Waals surface area contributed by atoms with Crippen molar-refractivity contribution in [2.24, 2.45) is 0 Å². The zero-order chi connectivity index (χ0) is 10.1. The van der Waals surface area contributed by atoms with E-state index >= 15 is 0 Å². The largest absolute Gasteiger partial charge is 0.481 e. The van der Waals surface area contributed by atoms with Gasteiger partial charge in [0.25, 0.3) is 0 Å². The lowest BCUT2D eigenvalue weighted by atomic mass is 10.3. The van der Waals surface area contributed by atoms with Gasteiger partial charge in [0.15, 0.2) is 0 Å². The zero-order valence-corrected chi connectivity index (χ0v) is 8.82. The van der Waals surface area contributed by atoms with Crippen LogP contribution in [0.3, 0.4) is 0 Å². The highest BCUT2D eigenvalue weighted by Gasteiger charge is 2.26. The minimum Gasteiger partial charge on any atom is -0.481 e. The lowest BCUT2D eigenvalue weighted by Gasteiger charge is -2.12. The van der Waals surface area contributed by atoms with E-state index in [1.54, 1.807) is 7.11 Å². The molecule has 76 valence electrons. The maximum Gasteiger partial charge on any atom is 0.228 e. The Kier molecular flexibility index (Phi) is 2.27. The summed E-state index contributed by atoms with van der Waals surface area (Å²) in [6, 6.07) is 1.94. The molecule has 1 aliphatic carbocycles. The van der Waals surface area contributed by atoms with E-state index in [2.05, 4.69) is 9.97 Å². The van der Waals surface area contributed by atoms with Gasteiger partial charge in [0.2, 0.25) is 11.8 Å². The van der Waals surface area contributed by atoms with Crippen molar-refractivity contribution in [1.29, 1.82) is 0 Å². The zero-order valence-electron chi connectivity index (χ0n) is 8.82. The molecule has 1 saturated carbocycles. The first-order valence-corrected chi connectivity index (χ1v) is 4.81.